The third-order valence-corrected chi connectivity index (χ3v) is 4.31. The zero-order valence-corrected chi connectivity index (χ0v) is 13.0. The van der Waals surface area contributed by atoms with Gasteiger partial charge in [-0.2, -0.15) is 0 Å². The molecule has 4 heteroatoms. The van der Waals surface area contributed by atoms with E-state index in [0.717, 1.165) is 31.3 Å². The normalized spacial score (nSPS) is 27.9. The quantitative estimate of drug-likeness (QED) is 0.779. The smallest absolute Gasteiger partial charge is 0.129 e. The maximum atomic E-state index is 5.59. The van der Waals surface area contributed by atoms with Gasteiger partial charge in [-0.1, -0.05) is 6.92 Å². The largest absolute Gasteiger partial charge is 0.467 e. The van der Waals surface area contributed by atoms with Gasteiger partial charge in [-0.05, 0) is 51.4 Å². The van der Waals surface area contributed by atoms with E-state index in [-0.39, 0.29) is 0 Å². The molecule has 2 rings (SSSR count). The predicted molar refractivity (Wildman–Crippen MR) is 80.6 cm³/mol. The van der Waals surface area contributed by atoms with Crippen LogP contribution in [0.4, 0.5) is 0 Å². The van der Waals surface area contributed by atoms with Gasteiger partial charge in [0.25, 0.3) is 0 Å². The van der Waals surface area contributed by atoms with Crippen LogP contribution in [0.3, 0.4) is 0 Å². The molecular formula is C16H28N2O2. The number of nitrogens with one attached hydrogen (secondary N) is 1. The summed E-state index contributed by atoms with van der Waals surface area (Å²) < 4.78 is 10.8. The Bertz CT molecular complexity index is 367. The SMILES string of the molecule is CC1CN(C)C(C)CC1NCCCOCc1ccco1. The highest BCUT2D eigenvalue weighted by Crippen LogP contribution is 2.20. The van der Waals surface area contributed by atoms with Crippen molar-refractivity contribution in [2.24, 2.45) is 5.92 Å². The van der Waals surface area contributed by atoms with Crippen LogP contribution in [0.25, 0.3) is 0 Å². The molecule has 0 radical (unpaired) electrons. The molecule has 1 aromatic rings. The van der Waals surface area contributed by atoms with Crippen LogP contribution >= 0.6 is 0 Å². The van der Waals surface area contributed by atoms with Gasteiger partial charge in [-0.3, -0.25) is 0 Å². The molecule has 114 valence electrons. The Labute approximate surface area is 122 Å². The van der Waals surface area contributed by atoms with Crippen molar-refractivity contribution in [2.75, 3.05) is 26.7 Å². The fraction of sp³-hybridized carbons (Fsp3) is 0.750. The molecule has 0 aromatic carbocycles. The predicted octanol–water partition coefficient (Wildman–Crippen LogP) is 2.50. The minimum Gasteiger partial charge on any atom is -0.467 e. The second kappa shape index (κ2) is 7.81. The van der Waals surface area contributed by atoms with Gasteiger partial charge < -0.3 is 19.4 Å². The summed E-state index contributed by atoms with van der Waals surface area (Å²) in [5.41, 5.74) is 0. The van der Waals surface area contributed by atoms with E-state index < -0.39 is 0 Å². The zero-order chi connectivity index (χ0) is 14.4. The summed E-state index contributed by atoms with van der Waals surface area (Å²) in [5.74, 6) is 1.62. The summed E-state index contributed by atoms with van der Waals surface area (Å²) in [6.45, 7) is 8.23. The Morgan fingerprint density at radius 3 is 3.05 bits per heavy atom. The Morgan fingerprint density at radius 1 is 1.45 bits per heavy atom. The van der Waals surface area contributed by atoms with Crippen molar-refractivity contribution in [3.05, 3.63) is 24.2 Å². The standard InChI is InChI=1S/C16H28N2O2/c1-13-11-18(3)14(2)10-16(13)17-7-5-8-19-12-15-6-4-9-20-15/h4,6,9,13-14,16-17H,5,7-8,10-12H2,1-3H3. The number of likely N-dealkylation sites (tertiary alicyclic amines) is 1. The molecule has 0 saturated carbocycles. The minimum absolute atomic E-state index is 0.578. The van der Waals surface area contributed by atoms with Gasteiger partial charge in [-0.25, -0.2) is 0 Å². The van der Waals surface area contributed by atoms with Crippen LogP contribution in [-0.4, -0.2) is 43.7 Å². The van der Waals surface area contributed by atoms with Gasteiger partial charge in [-0.15, -0.1) is 0 Å². The van der Waals surface area contributed by atoms with E-state index in [2.05, 4.69) is 31.1 Å². The van der Waals surface area contributed by atoms with E-state index >= 15 is 0 Å². The van der Waals surface area contributed by atoms with E-state index in [4.69, 9.17) is 9.15 Å². The van der Waals surface area contributed by atoms with Gasteiger partial charge >= 0.3 is 0 Å². The minimum atomic E-state index is 0.578. The van der Waals surface area contributed by atoms with Crippen molar-refractivity contribution in [2.45, 2.75) is 45.4 Å². The number of furan rings is 1. The van der Waals surface area contributed by atoms with Gasteiger partial charge in [0.2, 0.25) is 0 Å². The van der Waals surface area contributed by atoms with E-state index in [9.17, 15) is 0 Å². The van der Waals surface area contributed by atoms with E-state index in [1.807, 2.05) is 12.1 Å². The summed E-state index contributed by atoms with van der Waals surface area (Å²) in [4.78, 5) is 2.45. The highest BCUT2D eigenvalue weighted by atomic mass is 16.5. The highest BCUT2D eigenvalue weighted by molar-refractivity contribution is 4.96. The van der Waals surface area contributed by atoms with Gasteiger partial charge in [0, 0.05) is 25.2 Å². The van der Waals surface area contributed by atoms with E-state index in [0.29, 0.717) is 18.7 Å². The third-order valence-electron chi connectivity index (χ3n) is 4.31. The molecule has 1 aliphatic heterocycles. The number of piperidine rings is 1. The van der Waals surface area contributed by atoms with Crippen molar-refractivity contribution in [3.8, 4) is 0 Å². The summed E-state index contributed by atoms with van der Waals surface area (Å²) >= 11 is 0. The molecule has 0 aliphatic carbocycles. The van der Waals surface area contributed by atoms with Crippen molar-refractivity contribution in [1.29, 1.82) is 0 Å². The lowest BCUT2D eigenvalue weighted by atomic mass is 9.90. The molecular weight excluding hydrogens is 252 g/mol. The van der Waals surface area contributed by atoms with Gasteiger partial charge in [0.15, 0.2) is 0 Å². The van der Waals surface area contributed by atoms with Crippen LogP contribution in [0.15, 0.2) is 22.8 Å². The van der Waals surface area contributed by atoms with Crippen LogP contribution in [0.1, 0.15) is 32.4 Å². The number of hydrogen-bond donors (Lipinski definition) is 1. The molecule has 3 atom stereocenters. The van der Waals surface area contributed by atoms with Gasteiger partial charge in [0.05, 0.1) is 6.26 Å². The Hall–Kier alpha value is -0.840. The van der Waals surface area contributed by atoms with Crippen LogP contribution in [0, 0.1) is 5.92 Å². The van der Waals surface area contributed by atoms with Crippen LogP contribution in [-0.2, 0) is 11.3 Å². The monoisotopic (exact) mass is 280 g/mol. The first-order valence-electron chi connectivity index (χ1n) is 7.70. The Kier molecular flexibility index (Phi) is 6.07. The Balaban J connectivity index is 1.54. The molecule has 0 bridgehead atoms. The number of rotatable bonds is 7. The van der Waals surface area contributed by atoms with Gasteiger partial charge in [0.1, 0.15) is 12.4 Å². The maximum absolute atomic E-state index is 5.59. The van der Waals surface area contributed by atoms with Crippen molar-refractivity contribution >= 4 is 0 Å². The average Bonchev–Trinajstić information content (AvgIpc) is 2.92. The first-order valence-corrected chi connectivity index (χ1v) is 7.70. The third kappa shape index (κ3) is 4.62. The Morgan fingerprint density at radius 2 is 2.30 bits per heavy atom. The zero-order valence-electron chi connectivity index (χ0n) is 13.0. The summed E-state index contributed by atoms with van der Waals surface area (Å²) in [6, 6.07) is 5.16. The average molecular weight is 280 g/mol. The first-order chi connectivity index (χ1) is 9.66. The van der Waals surface area contributed by atoms with Crippen LogP contribution in [0.2, 0.25) is 0 Å². The molecule has 0 spiro atoms. The number of hydrogen-bond acceptors (Lipinski definition) is 4. The fourth-order valence-electron chi connectivity index (χ4n) is 2.85. The molecule has 4 nitrogen and oxygen atoms in total. The second-order valence-corrected chi connectivity index (χ2v) is 6.05. The molecule has 20 heavy (non-hydrogen) atoms. The molecule has 1 aliphatic rings. The fourth-order valence-corrected chi connectivity index (χ4v) is 2.85. The lowest BCUT2D eigenvalue weighted by Gasteiger charge is -2.40. The lowest BCUT2D eigenvalue weighted by molar-refractivity contribution is 0.0970. The molecule has 2 heterocycles. The molecule has 1 aromatic heterocycles. The lowest BCUT2D eigenvalue weighted by Crippen LogP contribution is -2.51. The molecule has 1 N–H and O–H groups in total. The first kappa shape index (κ1) is 15.5. The number of nitrogens with zero attached hydrogens (tertiary/aromatic N) is 1. The molecule has 1 saturated heterocycles. The summed E-state index contributed by atoms with van der Waals surface area (Å²) in [5, 5.41) is 3.69. The van der Waals surface area contributed by atoms with Crippen molar-refractivity contribution in [3.63, 3.8) is 0 Å². The topological polar surface area (TPSA) is 37.6 Å². The van der Waals surface area contributed by atoms with Crippen molar-refractivity contribution < 1.29 is 9.15 Å². The molecule has 1 fully saturated rings. The van der Waals surface area contributed by atoms with E-state index in [1.165, 1.54) is 13.0 Å². The molecule has 0 amide bonds. The van der Waals surface area contributed by atoms with Crippen molar-refractivity contribution in [1.82, 2.24) is 10.2 Å². The summed E-state index contributed by atoms with van der Waals surface area (Å²) in [7, 11) is 2.22. The highest BCUT2D eigenvalue weighted by Gasteiger charge is 2.28. The van der Waals surface area contributed by atoms with Crippen LogP contribution in [0.5, 0.6) is 0 Å². The summed E-state index contributed by atoms with van der Waals surface area (Å²) in [6.07, 6.45) is 3.97. The number of ether oxygens (including phenoxy) is 1. The van der Waals surface area contributed by atoms with E-state index in [1.54, 1.807) is 6.26 Å². The van der Waals surface area contributed by atoms with Crippen LogP contribution < -0.4 is 5.32 Å². The second-order valence-electron chi connectivity index (χ2n) is 6.05. The molecule has 3 unspecified atom stereocenters. The maximum Gasteiger partial charge on any atom is 0.129 e.